The molecule has 2 nitrogen and oxygen atoms in total. The zero-order valence-electron chi connectivity index (χ0n) is 19.5. The standard InChI is InChI=1S/C28H14F8O2/c1-37-27-23(33)19(29)17(20(30)24(27)34)15-11-7-3-5-9-13(11)16(14-10-6-4-8-12(14)15)18-21(31)25(35)28(38-2)26(36)22(18)32/h3-10H,1-2H3. The highest BCUT2D eigenvalue weighted by molar-refractivity contribution is 6.21. The molecule has 0 amide bonds. The van der Waals surface area contributed by atoms with E-state index in [-0.39, 0.29) is 32.7 Å². The van der Waals surface area contributed by atoms with Gasteiger partial charge < -0.3 is 9.47 Å². The van der Waals surface area contributed by atoms with Gasteiger partial charge in [-0.3, -0.25) is 0 Å². The van der Waals surface area contributed by atoms with Crippen molar-refractivity contribution in [1.29, 1.82) is 0 Å². The van der Waals surface area contributed by atoms with Crippen LogP contribution in [0, 0.1) is 46.5 Å². The minimum Gasteiger partial charge on any atom is -0.491 e. The van der Waals surface area contributed by atoms with Gasteiger partial charge in [0, 0.05) is 11.1 Å². The molecule has 0 heterocycles. The van der Waals surface area contributed by atoms with Crippen LogP contribution in [0.1, 0.15) is 0 Å². The molecular formula is C28H14F8O2. The number of fused-ring (bicyclic) bond motifs is 2. The van der Waals surface area contributed by atoms with Gasteiger partial charge in [0.2, 0.25) is 23.3 Å². The molecule has 0 N–H and O–H groups in total. The second-order valence-corrected chi connectivity index (χ2v) is 8.17. The third-order valence-electron chi connectivity index (χ3n) is 6.29. The summed E-state index contributed by atoms with van der Waals surface area (Å²) in [6.45, 7) is 0. The molecule has 0 aromatic heterocycles. The Bertz CT molecular complexity index is 1540. The lowest BCUT2D eigenvalue weighted by molar-refractivity contribution is 0.334. The number of hydrogen-bond acceptors (Lipinski definition) is 2. The number of halogens is 8. The van der Waals surface area contributed by atoms with E-state index in [4.69, 9.17) is 0 Å². The first-order valence-electron chi connectivity index (χ1n) is 10.9. The predicted octanol–water partition coefficient (Wildman–Crippen LogP) is 8.46. The SMILES string of the molecule is COc1c(F)c(F)c(-c2c3ccccc3c(-c3c(F)c(F)c(OC)c(F)c3F)c3ccccc23)c(F)c1F. The zero-order valence-corrected chi connectivity index (χ0v) is 19.5. The number of ether oxygens (including phenoxy) is 2. The van der Waals surface area contributed by atoms with E-state index in [0.29, 0.717) is 0 Å². The van der Waals surface area contributed by atoms with E-state index in [0.717, 1.165) is 14.2 Å². The van der Waals surface area contributed by atoms with Gasteiger partial charge in [-0.05, 0) is 21.5 Å². The summed E-state index contributed by atoms with van der Waals surface area (Å²) in [5.41, 5.74) is -2.92. The highest BCUT2D eigenvalue weighted by Gasteiger charge is 2.32. The first kappa shape index (κ1) is 25.3. The molecule has 0 bridgehead atoms. The normalized spacial score (nSPS) is 11.4. The molecule has 5 aromatic rings. The topological polar surface area (TPSA) is 18.5 Å². The summed E-state index contributed by atoms with van der Waals surface area (Å²) in [5, 5.41) is -0.450. The van der Waals surface area contributed by atoms with E-state index in [1.807, 2.05) is 0 Å². The van der Waals surface area contributed by atoms with Crippen molar-refractivity contribution in [3.63, 3.8) is 0 Å². The third kappa shape index (κ3) is 3.39. The van der Waals surface area contributed by atoms with E-state index < -0.39 is 69.2 Å². The average molecular weight is 534 g/mol. The van der Waals surface area contributed by atoms with Crippen molar-refractivity contribution in [2.24, 2.45) is 0 Å². The van der Waals surface area contributed by atoms with E-state index in [9.17, 15) is 17.6 Å². The summed E-state index contributed by atoms with van der Waals surface area (Å²) in [5.74, 6) is -16.8. The van der Waals surface area contributed by atoms with Crippen molar-refractivity contribution in [2.45, 2.75) is 0 Å². The van der Waals surface area contributed by atoms with Crippen LogP contribution in [0.5, 0.6) is 11.5 Å². The van der Waals surface area contributed by atoms with Gasteiger partial charge in [-0.2, -0.15) is 17.6 Å². The smallest absolute Gasteiger partial charge is 0.204 e. The van der Waals surface area contributed by atoms with Crippen LogP contribution < -0.4 is 9.47 Å². The summed E-state index contributed by atoms with van der Waals surface area (Å²) >= 11 is 0. The number of methoxy groups -OCH3 is 2. The lowest BCUT2D eigenvalue weighted by Gasteiger charge is -2.20. The minimum atomic E-state index is -1.80. The van der Waals surface area contributed by atoms with E-state index in [2.05, 4.69) is 9.47 Å². The fourth-order valence-electron chi connectivity index (χ4n) is 4.69. The third-order valence-corrected chi connectivity index (χ3v) is 6.29. The maximum atomic E-state index is 15.3. The summed E-state index contributed by atoms with van der Waals surface area (Å²) < 4.78 is 129. The molecule has 10 heteroatoms. The Kier molecular flexibility index (Phi) is 6.13. The van der Waals surface area contributed by atoms with Crippen molar-refractivity contribution in [3.05, 3.63) is 95.1 Å². The highest BCUT2D eigenvalue weighted by Crippen LogP contribution is 2.48. The van der Waals surface area contributed by atoms with Gasteiger partial charge in [0.15, 0.2) is 34.8 Å². The molecule has 0 atom stereocenters. The van der Waals surface area contributed by atoms with Crippen LogP contribution in [-0.2, 0) is 0 Å². The van der Waals surface area contributed by atoms with Crippen molar-refractivity contribution in [1.82, 2.24) is 0 Å². The molecular weight excluding hydrogens is 520 g/mol. The lowest BCUT2D eigenvalue weighted by Crippen LogP contribution is -2.06. The molecule has 0 saturated heterocycles. The molecule has 0 spiro atoms. The molecule has 5 aromatic carbocycles. The summed E-state index contributed by atoms with van der Waals surface area (Å²) in [6.07, 6.45) is 0. The minimum absolute atomic E-state index is 0.113. The second kappa shape index (κ2) is 9.20. The maximum Gasteiger partial charge on any atom is 0.204 e. The summed E-state index contributed by atoms with van der Waals surface area (Å²) in [7, 11) is 1.66. The van der Waals surface area contributed by atoms with Gasteiger partial charge in [0.05, 0.1) is 25.3 Å². The summed E-state index contributed by atoms with van der Waals surface area (Å²) in [6, 6.07) is 10.7. The Hall–Kier alpha value is -4.34. The number of rotatable bonds is 4. The maximum absolute atomic E-state index is 15.3. The van der Waals surface area contributed by atoms with Gasteiger partial charge in [0.25, 0.3) is 0 Å². The Morgan fingerprint density at radius 1 is 0.368 bits per heavy atom. The van der Waals surface area contributed by atoms with Gasteiger partial charge >= 0.3 is 0 Å². The molecule has 0 fully saturated rings. The molecule has 0 aliphatic rings. The fraction of sp³-hybridized carbons (Fsp3) is 0.0714. The monoisotopic (exact) mass is 534 g/mol. The fourth-order valence-corrected chi connectivity index (χ4v) is 4.69. The first-order chi connectivity index (χ1) is 18.1. The summed E-state index contributed by atoms with van der Waals surface area (Å²) in [4.78, 5) is 0. The van der Waals surface area contributed by atoms with E-state index >= 15 is 17.6 Å². The number of benzene rings is 5. The second-order valence-electron chi connectivity index (χ2n) is 8.17. The molecule has 5 rings (SSSR count). The molecule has 194 valence electrons. The molecule has 38 heavy (non-hydrogen) atoms. The molecule has 0 radical (unpaired) electrons. The van der Waals surface area contributed by atoms with E-state index in [1.165, 1.54) is 48.5 Å². The van der Waals surface area contributed by atoms with Gasteiger partial charge in [-0.15, -0.1) is 0 Å². The van der Waals surface area contributed by atoms with Gasteiger partial charge in [-0.1, -0.05) is 48.5 Å². The van der Waals surface area contributed by atoms with Crippen LogP contribution in [0.3, 0.4) is 0 Å². The van der Waals surface area contributed by atoms with Crippen molar-refractivity contribution in [3.8, 4) is 33.8 Å². The molecule has 0 unspecified atom stereocenters. The van der Waals surface area contributed by atoms with Crippen LogP contribution in [0.4, 0.5) is 35.1 Å². The lowest BCUT2D eigenvalue weighted by atomic mass is 9.85. The van der Waals surface area contributed by atoms with Crippen LogP contribution in [0.15, 0.2) is 48.5 Å². The van der Waals surface area contributed by atoms with Gasteiger partial charge in [0.1, 0.15) is 0 Å². The van der Waals surface area contributed by atoms with Crippen molar-refractivity contribution in [2.75, 3.05) is 14.2 Å². The quantitative estimate of drug-likeness (QED) is 0.131. The van der Waals surface area contributed by atoms with Crippen LogP contribution in [0.25, 0.3) is 43.8 Å². The predicted molar refractivity (Wildman–Crippen MR) is 125 cm³/mol. The van der Waals surface area contributed by atoms with Crippen molar-refractivity contribution < 1.29 is 44.6 Å². The van der Waals surface area contributed by atoms with Crippen LogP contribution >= 0.6 is 0 Å². The van der Waals surface area contributed by atoms with Crippen molar-refractivity contribution >= 4 is 21.5 Å². The Balaban J connectivity index is 2.04. The Labute approximate surface area is 209 Å². The van der Waals surface area contributed by atoms with Crippen LogP contribution in [0.2, 0.25) is 0 Å². The highest BCUT2D eigenvalue weighted by atomic mass is 19.2. The van der Waals surface area contributed by atoms with Crippen LogP contribution in [-0.4, -0.2) is 14.2 Å². The Morgan fingerprint density at radius 3 is 0.816 bits per heavy atom. The zero-order chi connectivity index (χ0) is 27.5. The molecule has 0 saturated carbocycles. The molecule has 0 aliphatic carbocycles. The largest absolute Gasteiger partial charge is 0.491 e. The molecule has 0 aliphatic heterocycles. The van der Waals surface area contributed by atoms with E-state index in [1.54, 1.807) is 0 Å². The Morgan fingerprint density at radius 2 is 0.605 bits per heavy atom. The number of hydrogen-bond donors (Lipinski definition) is 0. The average Bonchev–Trinajstić information content (AvgIpc) is 2.92. The first-order valence-corrected chi connectivity index (χ1v) is 10.9. The van der Waals surface area contributed by atoms with Gasteiger partial charge in [-0.25, -0.2) is 17.6 Å².